The maximum atomic E-state index is 12.3. The molecule has 0 aliphatic rings. The van der Waals surface area contributed by atoms with Crippen molar-refractivity contribution in [3.8, 4) is 0 Å². The lowest BCUT2D eigenvalue weighted by molar-refractivity contribution is 0.103. The van der Waals surface area contributed by atoms with Gasteiger partial charge in [-0.2, -0.15) is 0 Å². The van der Waals surface area contributed by atoms with E-state index in [1.165, 1.54) is 0 Å². The van der Waals surface area contributed by atoms with Gasteiger partial charge in [-0.1, -0.05) is 23.2 Å². The number of hydrogen-bond donors (Lipinski definition) is 1. The summed E-state index contributed by atoms with van der Waals surface area (Å²) in [7, 11) is 3.83. The molecule has 104 valence electrons. The molecule has 0 radical (unpaired) electrons. The van der Waals surface area contributed by atoms with E-state index in [2.05, 4.69) is 9.97 Å². The number of anilines is 2. The number of ketones is 1. The van der Waals surface area contributed by atoms with E-state index in [1.807, 2.05) is 31.1 Å². The number of nitrogens with zero attached hydrogens (tertiary/aromatic N) is 3. The Labute approximate surface area is 126 Å². The molecular formula is C13H12Cl2N4O. The molecule has 5 nitrogen and oxygen atoms in total. The van der Waals surface area contributed by atoms with E-state index < -0.39 is 0 Å². The van der Waals surface area contributed by atoms with Gasteiger partial charge >= 0.3 is 0 Å². The van der Waals surface area contributed by atoms with Crippen molar-refractivity contribution in [2.75, 3.05) is 24.7 Å². The third kappa shape index (κ3) is 2.84. The van der Waals surface area contributed by atoms with Crippen molar-refractivity contribution in [3.05, 3.63) is 45.8 Å². The molecule has 0 spiro atoms. The summed E-state index contributed by atoms with van der Waals surface area (Å²) in [4.78, 5) is 21.9. The Bertz CT molecular complexity index is 656. The topological polar surface area (TPSA) is 72.1 Å². The molecule has 2 N–H and O–H groups in total. The Hall–Kier alpha value is -1.85. The smallest absolute Gasteiger partial charge is 0.215 e. The number of carbonyl (C=O) groups is 1. The van der Waals surface area contributed by atoms with Gasteiger partial charge in [-0.25, -0.2) is 9.97 Å². The Balaban J connectivity index is 2.38. The van der Waals surface area contributed by atoms with Crippen LogP contribution in [0.1, 0.15) is 16.1 Å². The van der Waals surface area contributed by atoms with E-state index >= 15 is 0 Å². The average molecular weight is 311 g/mol. The summed E-state index contributed by atoms with van der Waals surface area (Å²) >= 11 is 11.5. The van der Waals surface area contributed by atoms with Crippen LogP contribution >= 0.6 is 23.2 Å². The fraction of sp³-hybridized carbons (Fsp3) is 0.154. The maximum absolute atomic E-state index is 12.3. The van der Waals surface area contributed by atoms with Crippen LogP contribution < -0.4 is 10.6 Å². The van der Waals surface area contributed by atoms with Crippen LogP contribution in [0.15, 0.2) is 24.3 Å². The van der Waals surface area contributed by atoms with Crippen LogP contribution in [-0.4, -0.2) is 29.8 Å². The van der Waals surface area contributed by atoms with Gasteiger partial charge in [0.1, 0.15) is 0 Å². The van der Waals surface area contributed by atoms with Crippen LogP contribution in [-0.2, 0) is 0 Å². The van der Waals surface area contributed by atoms with Crippen LogP contribution in [0, 0.1) is 0 Å². The molecular weight excluding hydrogens is 299 g/mol. The summed E-state index contributed by atoms with van der Waals surface area (Å²) in [5.74, 6) is -0.389. The number of aromatic nitrogens is 2. The molecule has 2 aromatic rings. The molecule has 0 aliphatic heterocycles. The first-order valence-electron chi connectivity index (χ1n) is 5.70. The minimum absolute atomic E-state index is 0.00277. The summed E-state index contributed by atoms with van der Waals surface area (Å²) < 4.78 is 0. The molecule has 7 heteroatoms. The van der Waals surface area contributed by atoms with E-state index in [9.17, 15) is 4.79 Å². The minimum Gasteiger partial charge on any atom is -0.382 e. The van der Waals surface area contributed by atoms with E-state index in [4.69, 9.17) is 28.9 Å². The second-order valence-corrected chi connectivity index (χ2v) is 5.03. The van der Waals surface area contributed by atoms with Gasteiger partial charge < -0.3 is 10.6 Å². The Kier molecular flexibility index (Phi) is 4.11. The van der Waals surface area contributed by atoms with E-state index in [0.29, 0.717) is 5.56 Å². The highest BCUT2D eigenvalue weighted by atomic mass is 35.5. The maximum Gasteiger partial charge on any atom is 0.215 e. The zero-order valence-electron chi connectivity index (χ0n) is 10.9. The zero-order chi connectivity index (χ0) is 14.9. The van der Waals surface area contributed by atoms with E-state index in [-0.39, 0.29) is 27.6 Å². The Morgan fingerprint density at radius 3 is 2.20 bits per heavy atom. The summed E-state index contributed by atoms with van der Waals surface area (Å²) in [6, 6.07) is 7.05. The number of hydrogen-bond acceptors (Lipinski definition) is 5. The monoisotopic (exact) mass is 310 g/mol. The minimum atomic E-state index is -0.348. The van der Waals surface area contributed by atoms with Crippen LogP contribution in [0.4, 0.5) is 11.5 Å². The van der Waals surface area contributed by atoms with Crippen LogP contribution in [0.3, 0.4) is 0 Å². The van der Waals surface area contributed by atoms with Crippen molar-refractivity contribution in [1.82, 2.24) is 9.97 Å². The molecule has 0 unspecified atom stereocenters. The van der Waals surface area contributed by atoms with Crippen LogP contribution in [0.2, 0.25) is 10.3 Å². The van der Waals surface area contributed by atoms with Crippen molar-refractivity contribution in [2.24, 2.45) is 0 Å². The average Bonchev–Trinajstić information content (AvgIpc) is 2.42. The van der Waals surface area contributed by atoms with Gasteiger partial charge in [0.05, 0.1) is 0 Å². The third-order valence-electron chi connectivity index (χ3n) is 2.70. The van der Waals surface area contributed by atoms with E-state index in [1.54, 1.807) is 12.1 Å². The van der Waals surface area contributed by atoms with Crippen molar-refractivity contribution < 1.29 is 4.79 Å². The Morgan fingerprint density at radius 1 is 1.10 bits per heavy atom. The molecule has 0 fully saturated rings. The van der Waals surface area contributed by atoms with Gasteiger partial charge in [-0.15, -0.1) is 0 Å². The van der Waals surface area contributed by atoms with Gasteiger partial charge in [0.25, 0.3) is 0 Å². The molecule has 0 bridgehead atoms. The number of nitrogens with two attached hydrogens (primary N) is 1. The van der Waals surface area contributed by atoms with Gasteiger partial charge in [-0.3, -0.25) is 4.79 Å². The predicted octanol–water partition coefficient (Wildman–Crippen LogP) is 2.66. The SMILES string of the molecule is CN(C)c1ccc(C(=O)c2nc(Cl)c(Cl)nc2N)cc1. The van der Waals surface area contributed by atoms with Gasteiger partial charge in [0.2, 0.25) is 5.78 Å². The largest absolute Gasteiger partial charge is 0.382 e. The zero-order valence-corrected chi connectivity index (χ0v) is 12.4. The molecule has 0 atom stereocenters. The summed E-state index contributed by atoms with van der Waals surface area (Å²) in [5, 5.41) is -0.0715. The molecule has 20 heavy (non-hydrogen) atoms. The van der Waals surface area contributed by atoms with Gasteiger partial charge in [0.15, 0.2) is 21.8 Å². The highest BCUT2D eigenvalue weighted by molar-refractivity contribution is 6.40. The van der Waals surface area contributed by atoms with Gasteiger partial charge in [0, 0.05) is 25.3 Å². The van der Waals surface area contributed by atoms with Crippen LogP contribution in [0.25, 0.3) is 0 Å². The highest BCUT2D eigenvalue weighted by Gasteiger charge is 2.18. The summed E-state index contributed by atoms with van der Waals surface area (Å²) in [5.41, 5.74) is 7.09. The third-order valence-corrected chi connectivity index (χ3v) is 3.33. The highest BCUT2D eigenvalue weighted by Crippen LogP contribution is 2.22. The number of nitrogen functional groups attached to an aromatic ring is 1. The molecule has 1 aromatic heterocycles. The second-order valence-electron chi connectivity index (χ2n) is 4.31. The van der Waals surface area contributed by atoms with Crippen molar-refractivity contribution in [2.45, 2.75) is 0 Å². The lowest BCUT2D eigenvalue weighted by Gasteiger charge is -2.12. The number of benzene rings is 1. The molecule has 1 aromatic carbocycles. The fourth-order valence-corrected chi connectivity index (χ4v) is 1.88. The number of rotatable bonds is 3. The Morgan fingerprint density at radius 2 is 1.65 bits per heavy atom. The molecule has 0 saturated heterocycles. The van der Waals surface area contributed by atoms with Crippen molar-refractivity contribution in [3.63, 3.8) is 0 Å². The molecule has 0 amide bonds. The molecule has 0 saturated carbocycles. The van der Waals surface area contributed by atoms with Crippen LogP contribution in [0.5, 0.6) is 0 Å². The fourth-order valence-electron chi connectivity index (χ4n) is 1.62. The number of halogens is 2. The quantitative estimate of drug-likeness (QED) is 0.882. The standard InChI is InChI=1S/C13H12Cl2N4O/c1-19(2)8-5-3-7(4-6-8)10(20)9-13(16)18-12(15)11(14)17-9/h3-6H,1-2H3,(H2,16,18). The summed E-state index contributed by atoms with van der Waals surface area (Å²) in [6.07, 6.45) is 0. The number of carbonyl (C=O) groups excluding carboxylic acids is 1. The molecule has 1 heterocycles. The van der Waals surface area contributed by atoms with E-state index in [0.717, 1.165) is 5.69 Å². The first-order chi connectivity index (χ1) is 9.40. The molecule has 2 rings (SSSR count). The normalized spacial score (nSPS) is 10.4. The summed E-state index contributed by atoms with van der Waals surface area (Å²) in [6.45, 7) is 0. The first-order valence-corrected chi connectivity index (χ1v) is 6.46. The van der Waals surface area contributed by atoms with Gasteiger partial charge in [-0.05, 0) is 24.3 Å². The predicted molar refractivity (Wildman–Crippen MR) is 80.7 cm³/mol. The lowest BCUT2D eigenvalue weighted by Crippen LogP contribution is -2.12. The second kappa shape index (κ2) is 5.64. The molecule has 0 aliphatic carbocycles. The first kappa shape index (κ1) is 14.6. The van der Waals surface area contributed by atoms with Crippen molar-refractivity contribution in [1.29, 1.82) is 0 Å². The lowest BCUT2D eigenvalue weighted by atomic mass is 10.1. The van der Waals surface area contributed by atoms with Crippen molar-refractivity contribution >= 4 is 40.5 Å².